The highest BCUT2D eigenvalue weighted by Gasteiger charge is 2.17. The Kier molecular flexibility index (Phi) is 1.57. The molecule has 0 aromatic heterocycles. The fourth-order valence-electron chi connectivity index (χ4n) is 1.34. The highest BCUT2D eigenvalue weighted by Crippen LogP contribution is 2.13. The van der Waals surface area contributed by atoms with Crippen molar-refractivity contribution in [2.45, 2.75) is 6.92 Å². The molecule has 2 rings (SSSR count). The number of amidine groups is 1. The largest absolute Gasteiger partial charge is 0.331 e. The molecule has 0 N–H and O–H groups in total. The first-order valence-electron chi connectivity index (χ1n) is 3.99. The number of hydrogen-bond acceptors (Lipinski definition) is 3. The number of allylic oxidation sites excluding steroid dienone is 2. The second kappa shape index (κ2) is 2.59. The number of carbonyl (C=O) groups excluding carboxylic acids is 1. The summed E-state index contributed by atoms with van der Waals surface area (Å²) in [5.41, 5.74) is 0.760. The third-order valence-corrected chi connectivity index (χ3v) is 2.02. The highest BCUT2D eigenvalue weighted by atomic mass is 16.1. The SMILES string of the molecule is CC(=O)C1=CN2CCN=C2C=C1. The standard InChI is InChI=1S/C9H10N2O/c1-7(12)8-2-3-9-10-4-5-11(9)6-8/h2-3,6H,4-5H2,1H3. The molecule has 0 saturated carbocycles. The van der Waals surface area contributed by atoms with Gasteiger partial charge in [0, 0.05) is 18.3 Å². The minimum Gasteiger partial charge on any atom is -0.331 e. The number of ketones is 1. The zero-order valence-electron chi connectivity index (χ0n) is 6.95. The fourth-order valence-corrected chi connectivity index (χ4v) is 1.34. The maximum Gasteiger partial charge on any atom is 0.161 e. The minimum absolute atomic E-state index is 0.109. The highest BCUT2D eigenvalue weighted by molar-refractivity contribution is 6.03. The van der Waals surface area contributed by atoms with Crippen LogP contribution in [0.1, 0.15) is 6.92 Å². The Morgan fingerprint density at radius 1 is 1.58 bits per heavy atom. The van der Waals surface area contributed by atoms with E-state index in [1.807, 2.05) is 23.3 Å². The van der Waals surface area contributed by atoms with Crippen LogP contribution in [0.25, 0.3) is 0 Å². The smallest absolute Gasteiger partial charge is 0.161 e. The molecule has 3 nitrogen and oxygen atoms in total. The van der Waals surface area contributed by atoms with Crippen LogP contribution in [0, 0.1) is 0 Å². The van der Waals surface area contributed by atoms with Gasteiger partial charge in [-0.05, 0) is 19.1 Å². The Hall–Kier alpha value is -1.38. The molecular formula is C9H10N2O. The normalized spacial score (nSPS) is 20.2. The summed E-state index contributed by atoms with van der Waals surface area (Å²) in [6.07, 6.45) is 5.58. The van der Waals surface area contributed by atoms with Crippen molar-refractivity contribution in [2.24, 2.45) is 4.99 Å². The first-order chi connectivity index (χ1) is 5.77. The van der Waals surface area contributed by atoms with E-state index >= 15 is 0 Å². The lowest BCUT2D eigenvalue weighted by Crippen LogP contribution is -2.23. The van der Waals surface area contributed by atoms with Crippen molar-refractivity contribution in [1.82, 2.24) is 4.90 Å². The first-order valence-corrected chi connectivity index (χ1v) is 3.99. The van der Waals surface area contributed by atoms with Gasteiger partial charge < -0.3 is 4.90 Å². The molecule has 2 heterocycles. The molecule has 0 spiro atoms. The van der Waals surface area contributed by atoms with Gasteiger partial charge in [-0.25, -0.2) is 0 Å². The summed E-state index contributed by atoms with van der Waals surface area (Å²) >= 11 is 0. The molecule has 0 atom stereocenters. The third kappa shape index (κ3) is 1.07. The lowest BCUT2D eigenvalue weighted by atomic mass is 10.1. The molecule has 3 heteroatoms. The van der Waals surface area contributed by atoms with E-state index < -0.39 is 0 Å². The summed E-state index contributed by atoms with van der Waals surface area (Å²) in [5.74, 6) is 1.08. The summed E-state index contributed by atoms with van der Waals surface area (Å²) in [7, 11) is 0. The summed E-state index contributed by atoms with van der Waals surface area (Å²) in [5, 5.41) is 0. The number of nitrogens with zero attached hydrogens (tertiary/aromatic N) is 2. The minimum atomic E-state index is 0.109. The zero-order chi connectivity index (χ0) is 8.55. The lowest BCUT2D eigenvalue weighted by molar-refractivity contribution is -0.113. The van der Waals surface area contributed by atoms with Crippen molar-refractivity contribution >= 4 is 11.6 Å². The Bertz CT molecular complexity index is 312. The van der Waals surface area contributed by atoms with Crippen LogP contribution in [0.5, 0.6) is 0 Å². The van der Waals surface area contributed by atoms with E-state index in [9.17, 15) is 4.79 Å². The maximum atomic E-state index is 11.0. The third-order valence-electron chi connectivity index (χ3n) is 2.02. The van der Waals surface area contributed by atoms with Gasteiger partial charge in [-0.15, -0.1) is 0 Å². The van der Waals surface area contributed by atoms with E-state index in [2.05, 4.69) is 4.99 Å². The van der Waals surface area contributed by atoms with Crippen LogP contribution in [0.3, 0.4) is 0 Å². The number of hydrogen-bond donors (Lipinski definition) is 0. The molecule has 2 aliphatic heterocycles. The maximum absolute atomic E-state index is 11.0. The predicted octanol–water partition coefficient (Wildman–Crippen LogP) is 0.743. The molecule has 62 valence electrons. The van der Waals surface area contributed by atoms with Crippen LogP contribution in [-0.4, -0.2) is 29.6 Å². The Labute approximate surface area is 71.1 Å². The van der Waals surface area contributed by atoms with Gasteiger partial charge in [-0.3, -0.25) is 9.79 Å². The van der Waals surface area contributed by atoms with Crippen LogP contribution in [0.4, 0.5) is 0 Å². The fraction of sp³-hybridized carbons (Fsp3) is 0.333. The molecule has 0 bridgehead atoms. The number of fused-ring (bicyclic) bond motifs is 1. The molecular weight excluding hydrogens is 152 g/mol. The van der Waals surface area contributed by atoms with Crippen molar-refractivity contribution in [3.05, 3.63) is 23.9 Å². The summed E-state index contributed by atoms with van der Waals surface area (Å²) in [6.45, 7) is 3.31. The lowest BCUT2D eigenvalue weighted by Gasteiger charge is -2.17. The van der Waals surface area contributed by atoms with Crippen LogP contribution in [0.2, 0.25) is 0 Å². The van der Waals surface area contributed by atoms with E-state index in [0.717, 1.165) is 24.5 Å². The van der Waals surface area contributed by atoms with Gasteiger partial charge in [-0.1, -0.05) is 0 Å². The molecule has 0 unspecified atom stereocenters. The molecule has 0 aliphatic carbocycles. The Morgan fingerprint density at radius 2 is 2.42 bits per heavy atom. The number of carbonyl (C=O) groups is 1. The van der Waals surface area contributed by atoms with Crippen LogP contribution >= 0.6 is 0 Å². The first kappa shape index (κ1) is 7.28. The summed E-state index contributed by atoms with van der Waals surface area (Å²) in [4.78, 5) is 17.3. The quantitative estimate of drug-likeness (QED) is 0.569. The van der Waals surface area contributed by atoms with Gasteiger partial charge in [0.25, 0.3) is 0 Å². The van der Waals surface area contributed by atoms with Gasteiger partial charge in [0.1, 0.15) is 5.84 Å². The van der Waals surface area contributed by atoms with Crippen molar-refractivity contribution in [2.75, 3.05) is 13.1 Å². The van der Waals surface area contributed by atoms with E-state index in [-0.39, 0.29) is 5.78 Å². The van der Waals surface area contributed by atoms with Crippen molar-refractivity contribution < 1.29 is 4.79 Å². The molecule has 0 amide bonds. The van der Waals surface area contributed by atoms with Crippen molar-refractivity contribution in [1.29, 1.82) is 0 Å². The molecule has 12 heavy (non-hydrogen) atoms. The van der Waals surface area contributed by atoms with Crippen LogP contribution in [0.15, 0.2) is 28.9 Å². The van der Waals surface area contributed by atoms with Crippen LogP contribution < -0.4 is 0 Å². The Morgan fingerprint density at radius 3 is 3.17 bits per heavy atom. The number of rotatable bonds is 1. The second-order valence-electron chi connectivity index (χ2n) is 2.91. The molecule has 0 radical (unpaired) electrons. The van der Waals surface area contributed by atoms with Gasteiger partial charge in [-0.2, -0.15) is 0 Å². The van der Waals surface area contributed by atoms with Crippen LogP contribution in [-0.2, 0) is 4.79 Å². The van der Waals surface area contributed by atoms with Gasteiger partial charge in [0.15, 0.2) is 5.78 Å². The second-order valence-corrected chi connectivity index (χ2v) is 2.91. The topological polar surface area (TPSA) is 32.7 Å². The summed E-state index contributed by atoms with van der Waals surface area (Å²) in [6, 6.07) is 0. The number of aliphatic imine (C=N–C) groups is 1. The Balaban J connectivity index is 2.28. The predicted molar refractivity (Wildman–Crippen MR) is 46.9 cm³/mol. The number of Topliss-reactive ketones (excluding diaryl/α,β-unsaturated/α-hetero) is 1. The van der Waals surface area contributed by atoms with Crippen molar-refractivity contribution in [3.63, 3.8) is 0 Å². The molecule has 2 aliphatic rings. The van der Waals surface area contributed by atoms with Gasteiger partial charge in [0.05, 0.1) is 6.54 Å². The van der Waals surface area contributed by atoms with Gasteiger partial charge >= 0.3 is 0 Å². The zero-order valence-corrected chi connectivity index (χ0v) is 6.95. The molecule has 0 aromatic rings. The molecule has 0 fully saturated rings. The van der Waals surface area contributed by atoms with Crippen molar-refractivity contribution in [3.8, 4) is 0 Å². The average molecular weight is 162 g/mol. The van der Waals surface area contributed by atoms with E-state index in [4.69, 9.17) is 0 Å². The van der Waals surface area contributed by atoms with E-state index in [1.54, 1.807) is 6.92 Å². The molecule has 0 aromatic carbocycles. The van der Waals surface area contributed by atoms with E-state index in [0.29, 0.717) is 0 Å². The molecule has 0 saturated heterocycles. The van der Waals surface area contributed by atoms with E-state index in [1.165, 1.54) is 0 Å². The summed E-state index contributed by atoms with van der Waals surface area (Å²) < 4.78 is 0. The van der Waals surface area contributed by atoms with Gasteiger partial charge in [0.2, 0.25) is 0 Å². The average Bonchev–Trinajstić information content (AvgIpc) is 2.49. The monoisotopic (exact) mass is 162 g/mol.